The van der Waals surface area contributed by atoms with Gasteiger partial charge in [-0.15, -0.1) is 0 Å². The maximum Gasteiger partial charge on any atom is 0.261 e. The van der Waals surface area contributed by atoms with Gasteiger partial charge in [0, 0.05) is 30.9 Å². The average molecular weight is 438 g/mol. The Hall–Kier alpha value is -2.43. The fourth-order valence-electron chi connectivity index (χ4n) is 3.44. The SMILES string of the molecule is CCNS(=O)(=O)c1ccc(NS(=O)(=O)c2ccc3c(c2)CC(C)N3C(C)=O)cc1. The minimum absolute atomic E-state index is 0.0281. The molecule has 0 bridgehead atoms. The summed E-state index contributed by atoms with van der Waals surface area (Å²) in [6.07, 6.45) is 0.579. The third-order valence-corrected chi connectivity index (χ3v) is 7.61. The number of anilines is 2. The molecule has 8 nitrogen and oxygen atoms in total. The molecule has 29 heavy (non-hydrogen) atoms. The van der Waals surface area contributed by atoms with Crippen molar-refractivity contribution in [1.82, 2.24) is 4.72 Å². The summed E-state index contributed by atoms with van der Waals surface area (Å²) in [7, 11) is -7.47. The predicted octanol–water partition coefficient (Wildman–Crippen LogP) is 2.08. The summed E-state index contributed by atoms with van der Waals surface area (Å²) in [6, 6.07) is 10.1. The van der Waals surface area contributed by atoms with E-state index in [-0.39, 0.29) is 34.0 Å². The summed E-state index contributed by atoms with van der Waals surface area (Å²) in [5.41, 5.74) is 1.77. The van der Waals surface area contributed by atoms with Crippen LogP contribution >= 0.6 is 0 Å². The molecular weight excluding hydrogens is 414 g/mol. The average Bonchev–Trinajstić information content (AvgIpc) is 2.96. The quantitative estimate of drug-likeness (QED) is 0.718. The standard InChI is InChI=1S/C19H23N3O5S2/c1-4-20-28(24,25)17-7-5-16(6-8-17)21-29(26,27)18-9-10-19-15(12-18)11-13(2)22(19)14(3)23/h5-10,12-13,20-21H,4,11H2,1-3H3. The van der Waals surface area contributed by atoms with E-state index in [1.54, 1.807) is 24.0 Å². The maximum atomic E-state index is 12.8. The summed E-state index contributed by atoms with van der Waals surface area (Å²) >= 11 is 0. The largest absolute Gasteiger partial charge is 0.309 e. The first-order valence-corrected chi connectivity index (χ1v) is 12.1. The van der Waals surface area contributed by atoms with E-state index in [0.29, 0.717) is 6.42 Å². The Morgan fingerprint density at radius 1 is 1.03 bits per heavy atom. The fourth-order valence-corrected chi connectivity index (χ4v) is 5.59. The van der Waals surface area contributed by atoms with Crippen molar-refractivity contribution in [3.8, 4) is 0 Å². The second-order valence-corrected chi connectivity index (χ2v) is 10.3. The molecule has 2 aromatic carbocycles. The molecule has 1 aliphatic heterocycles. The third kappa shape index (κ3) is 4.29. The van der Waals surface area contributed by atoms with E-state index in [2.05, 4.69) is 9.44 Å². The molecule has 1 unspecified atom stereocenters. The Balaban J connectivity index is 1.84. The molecule has 0 aliphatic carbocycles. The van der Waals surface area contributed by atoms with E-state index >= 15 is 0 Å². The minimum atomic E-state index is -3.87. The normalized spacial score (nSPS) is 16.5. The van der Waals surface area contributed by atoms with Crippen LogP contribution in [0.15, 0.2) is 52.3 Å². The van der Waals surface area contributed by atoms with Gasteiger partial charge in [0.15, 0.2) is 0 Å². The maximum absolute atomic E-state index is 12.8. The van der Waals surface area contributed by atoms with Gasteiger partial charge in [0.1, 0.15) is 0 Å². The molecule has 0 saturated heterocycles. The number of carbonyl (C=O) groups is 1. The highest BCUT2D eigenvalue weighted by atomic mass is 32.2. The molecule has 10 heteroatoms. The highest BCUT2D eigenvalue weighted by Gasteiger charge is 2.30. The number of benzene rings is 2. The van der Waals surface area contributed by atoms with Gasteiger partial charge in [0.25, 0.3) is 10.0 Å². The Morgan fingerprint density at radius 2 is 1.66 bits per heavy atom. The monoisotopic (exact) mass is 437 g/mol. The fraction of sp³-hybridized carbons (Fsp3) is 0.316. The molecule has 1 amide bonds. The molecule has 0 spiro atoms. The molecule has 0 saturated carbocycles. The lowest BCUT2D eigenvalue weighted by Gasteiger charge is -2.20. The minimum Gasteiger partial charge on any atom is -0.309 e. The summed E-state index contributed by atoms with van der Waals surface area (Å²) in [4.78, 5) is 13.6. The van der Waals surface area contributed by atoms with Crippen LogP contribution in [-0.4, -0.2) is 35.3 Å². The van der Waals surface area contributed by atoms with Crippen LogP contribution in [0.1, 0.15) is 26.3 Å². The van der Waals surface area contributed by atoms with Gasteiger partial charge in [-0.3, -0.25) is 9.52 Å². The molecule has 1 atom stereocenters. The molecule has 0 radical (unpaired) electrons. The van der Waals surface area contributed by atoms with Crippen LogP contribution in [0.3, 0.4) is 0 Å². The molecule has 2 aromatic rings. The van der Waals surface area contributed by atoms with Crippen LogP contribution in [0.2, 0.25) is 0 Å². The molecular formula is C19H23N3O5S2. The highest BCUT2D eigenvalue weighted by Crippen LogP contribution is 2.34. The van der Waals surface area contributed by atoms with Gasteiger partial charge in [0.2, 0.25) is 15.9 Å². The molecule has 156 valence electrons. The molecule has 2 N–H and O–H groups in total. The van der Waals surface area contributed by atoms with Gasteiger partial charge >= 0.3 is 0 Å². The molecule has 1 heterocycles. The Morgan fingerprint density at radius 3 is 2.24 bits per heavy atom. The number of carbonyl (C=O) groups excluding carboxylic acids is 1. The second kappa shape index (κ2) is 7.77. The zero-order chi connectivity index (χ0) is 21.4. The van der Waals surface area contributed by atoms with Crippen LogP contribution < -0.4 is 14.3 Å². The number of hydrogen-bond acceptors (Lipinski definition) is 5. The first-order chi connectivity index (χ1) is 13.5. The summed E-state index contributed by atoms with van der Waals surface area (Å²) in [5, 5.41) is 0. The summed E-state index contributed by atoms with van der Waals surface area (Å²) in [5.74, 6) is -0.0856. The van der Waals surface area contributed by atoms with Crippen molar-refractivity contribution in [3.63, 3.8) is 0 Å². The van der Waals surface area contributed by atoms with Crippen LogP contribution in [0, 0.1) is 0 Å². The van der Waals surface area contributed by atoms with Crippen molar-refractivity contribution in [2.24, 2.45) is 0 Å². The lowest BCUT2D eigenvalue weighted by molar-refractivity contribution is -0.116. The van der Waals surface area contributed by atoms with Crippen LogP contribution in [0.5, 0.6) is 0 Å². The van der Waals surface area contributed by atoms with Gasteiger partial charge in [-0.1, -0.05) is 6.92 Å². The number of fused-ring (bicyclic) bond motifs is 1. The van der Waals surface area contributed by atoms with Gasteiger partial charge in [0.05, 0.1) is 9.79 Å². The summed E-state index contributed by atoms with van der Waals surface area (Å²) in [6.45, 7) is 5.33. The number of sulfonamides is 2. The van der Waals surface area contributed by atoms with Gasteiger partial charge in [-0.05, 0) is 61.4 Å². The van der Waals surface area contributed by atoms with Crippen molar-refractivity contribution in [1.29, 1.82) is 0 Å². The number of rotatable bonds is 6. The van der Waals surface area contributed by atoms with Crippen LogP contribution in [-0.2, 0) is 31.3 Å². The molecule has 0 fully saturated rings. The van der Waals surface area contributed by atoms with Crippen molar-refractivity contribution in [3.05, 3.63) is 48.0 Å². The Bertz CT molecular complexity index is 1140. The number of nitrogens with zero attached hydrogens (tertiary/aromatic N) is 1. The summed E-state index contributed by atoms with van der Waals surface area (Å²) < 4.78 is 54.3. The van der Waals surface area contributed by atoms with E-state index < -0.39 is 20.0 Å². The van der Waals surface area contributed by atoms with E-state index in [9.17, 15) is 21.6 Å². The first-order valence-electron chi connectivity index (χ1n) is 9.10. The third-order valence-electron chi connectivity index (χ3n) is 4.67. The number of amides is 1. The van der Waals surface area contributed by atoms with Crippen molar-refractivity contribution < 1.29 is 21.6 Å². The lowest BCUT2D eigenvalue weighted by atomic mass is 10.1. The predicted molar refractivity (Wildman–Crippen MR) is 111 cm³/mol. The molecule has 0 aromatic heterocycles. The lowest BCUT2D eigenvalue weighted by Crippen LogP contribution is -2.33. The molecule has 1 aliphatic rings. The van der Waals surface area contributed by atoms with Crippen molar-refractivity contribution >= 4 is 37.3 Å². The number of nitrogens with one attached hydrogen (secondary N) is 2. The second-order valence-electron chi connectivity index (χ2n) is 6.86. The first kappa shape index (κ1) is 21.3. The van der Waals surface area contributed by atoms with Crippen molar-refractivity contribution in [2.75, 3.05) is 16.2 Å². The highest BCUT2D eigenvalue weighted by molar-refractivity contribution is 7.92. The molecule has 3 rings (SSSR count). The zero-order valence-electron chi connectivity index (χ0n) is 16.3. The smallest absolute Gasteiger partial charge is 0.261 e. The van der Waals surface area contributed by atoms with E-state index in [1.165, 1.54) is 37.3 Å². The van der Waals surface area contributed by atoms with Gasteiger partial charge in [-0.2, -0.15) is 0 Å². The zero-order valence-corrected chi connectivity index (χ0v) is 18.0. The topological polar surface area (TPSA) is 113 Å². The van der Waals surface area contributed by atoms with E-state index in [0.717, 1.165) is 11.3 Å². The Labute approximate surface area is 171 Å². The van der Waals surface area contributed by atoms with Crippen LogP contribution in [0.25, 0.3) is 0 Å². The van der Waals surface area contributed by atoms with Crippen molar-refractivity contribution in [2.45, 2.75) is 43.0 Å². The Kier molecular flexibility index (Phi) is 5.70. The number of hydrogen-bond donors (Lipinski definition) is 2. The van der Waals surface area contributed by atoms with Gasteiger partial charge < -0.3 is 4.90 Å². The van der Waals surface area contributed by atoms with Gasteiger partial charge in [-0.25, -0.2) is 21.6 Å². The van der Waals surface area contributed by atoms with Crippen LogP contribution in [0.4, 0.5) is 11.4 Å². The van der Waals surface area contributed by atoms with E-state index in [4.69, 9.17) is 0 Å². The van der Waals surface area contributed by atoms with E-state index in [1.807, 2.05) is 6.92 Å².